The summed E-state index contributed by atoms with van der Waals surface area (Å²) in [5, 5.41) is 2.99. The summed E-state index contributed by atoms with van der Waals surface area (Å²) in [5.41, 5.74) is 6.22. The van der Waals surface area contributed by atoms with Crippen molar-refractivity contribution >= 4 is 11.8 Å². The number of carbonyl (C=O) groups is 2. The molecule has 2 amide bonds. The zero-order chi connectivity index (χ0) is 17.6. The lowest BCUT2D eigenvalue weighted by atomic mass is 9.97. The summed E-state index contributed by atoms with van der Waals surface area (Å²) in [7, 11) is 0. The number of fused-ring (bicyclic) bond motifs is 1. The van der Waals surface area contributed by atoms with Gasteiger partial charge in [-0.15, -0.1) is 0 Å². The summed E-state index contributed by atoms with van der Waals surface area (Å²) in [6, 6.07) is 5.74. The lowest BCUT2D eigenvalue weighted by molar-refractivity contribution is -0.128. The van der Waals surface area contributed by atoms with E-state index in [1.807, 2.05) is 23.1 Å². The van der Waals surface area contributed by atoms with E-state index >= 15 is 0 Å². The second kappa shape index (κ2) is 8.20. The highest BCUT2D eigenvalue weighted by atomic mass is 16.5. The number of rotatable bonds is 5. The van der Waals surface area contributed by atoms with E-state index in [0.29, 0.717) is 26.3 Å². The Hall–Kier alpha value is -2.28. The smallest absolute Gasteiger partial charge is 0.231 e. The molecule has 0 radical (unpaired) electrons. The molecule has 0 aliphatic carbocycles. The number of hydrogen-bond acceptors (Lipinski definition) is 5. The molecule has 0 aromatic heterocycles. The van der Waals surface area contributed by atoms with Crippen molar-refractivity contribution in [2.45, 2.75) is 25.8 Å². The average Bonchev–Trinajstić information content (AvgIpc) is 2.84. The molecule has 1 saturated heterocycles. The Balaban J connectivity index is 1.53. The van der Waals surface area contributed by atoms with Crippen LogP contribution in [0.5, 0.6) is 11.5 Å². The number of primary amides is 1. The number of piperidine rings is 1. The zero-order valence-corrected chi connectivity index (χ0v) is 14.3. The molecule has 1 aromatic carbocycles. The molecule has 7 nitrogen and oxygen atoms in total. The fourth-order valence-corrected chi connectivity index (χ4v) is 3.28. The number of likely N-dealkylation sites (tertiary alicyclic amines) is 1. The van der Waals surface area contributed by atoms with Gasteiger partial charge in [-0.3, -0.25) is 14.5 Å². The van der Waals surface area contributed by atoms with Crippen LogP contribution in [-0.4, -0.2) is 49.6 Å². The van der Waals surface area contributed by atoms with Gasteiger partial charge in [-0.1, -0.05) is 6.07 Å². The zero-order valence-electron chi connectivity index (χ0n) is 14.3. The van der Waals surface area contributed by atoms with Crippen LogP contribution in [0.3, 0.4) is 0 Å². The molecule has 136 valence electrons. The molecule has 1 fully saturated rings. The van der Waals surface area contributed by atoms with Gasteiger partial charge in [0.15, 0.2) is 11.5 Å². The van der Waals surface area contributed by atoms with Gasteiger partial charge in [-0.2, -0.15) is 0 Å². The Bertz CT molecular complexity index is 635. The Morgan fingerprint density at radius 2 is 2.00 bits per heavy atom. The van der Waals surface area contributed by atoms with E-state index in [1.165, 1.54) is 0 Å². The third kappa shape index (κ3) is 4.85. The van der Waals surface area contributed by atoms with Gasteiger partial charge in [0.2, 0.25) is 11.8 Å². The molecule has 1 aromatic rings. The number of nitrogens with zero attached hydrogens (tertiary/aromatic N) is 1. The quantitative estimate of drug-likeness (QED) is 0.816. The Kier molecular flexibility index (Phi) is 5.75. The normalized spacial score (nSPS) is 20.6. The van der Waals surface area contributed by atoms with Crippen LogP contribution in [0.1, 0.15) is 24.8 Å². The van der Waals surface area contributed by atoms with E-state index in [4.69, 9.17) is 15.2 Å². The first-order chi connectivity index (χ1) is 12.1. The molecule has 3 rings (SSSR count). The summed E-state index contributed by atoms with van der Waals surface area (Å²) in [6.45, 7) is 3.35. The summed E-state index contributed by atoms with van der Waals surface area (Å²) in [6.07, 6.45) is 2.60. The van der Waals surface area contributed by atoms with Gasteiger partial charge in [0.1, 0.15) is 0 Å². The molecule has 2 aliphatic rings. The molecule has 0 bridgehead atoms. The van der Waals surface area contributed by atoms with Crippen LogP contribution in [0.4, 0.5) is 0 Å². The molecule has 2 aliphatic heterocycles. The summed E-state index contributed by atoms with van der Waals surface area (Å²) < 4.78 is 11.3. The molecular weight excluding hydrogens is 322 g/mol. The number of carbonyl (C=O) groups excluding carboxylic acids is 2. The number of nitrogens with two attached hydrogens (primary N) is 1. The highest BCUT2D eigenvalue weighted by Crippen LogP contribution is 2.30. The van der Waals surface area contributed by atoms with Crippen molar-refractivity contribution in [3.63, 3.8) is 0 Å². The third-order valence-corrected chi connectivity index (χ3v) is 4.53. The van der Waals surface area contributed by atoms with Crippen LogP contribution in [0, 0.1) is 5.92 Å². The minimum absolute atomic E-state index is 0.0151. The van der Waals surface area contributed by atoms with E-state index in [0.717, 1.165) is 42.9 Å². The van der Waals surface area contributed by atoms with Crippen LogP contribution >= 0.6 is 0 Å². The van der Waals surface area contributed by atoms with Crippen LogP contribution < -0.4 is 20.5 Å². The first-order valence-electron chi connectivity index (χ1n) is 8.79. The van der Waals surface area contributed by atoms with Crippen molar-refractivity contribution in [1.82, 2.24) is 10.2 Å². The SMILES string of the molecule is NC(=O)CN1CCC[C@H](C(=O)NCc2ccc3c(c2)OCCCO3)C1. The first kappa shape index (κ1) is 17.5. The van der Waals surface area contributed by atoms with Gasteiger partial charge in [0, 0.05) is 19.5 Å². The van der Waals surface area contributed by atoms with Crippen LogP contribution in [0.25, 0.3) is 0 Å². The maximum absolute atomic E-state index is 12.4. The van der Waals surface area contributed by atoms with Gasteiger partial charge in [-0.25, -0.2) is 0 Å². The number of hydrogen-bond donors (Lipinski definition) is 2. The van der Waals surface area contributed by atoms with Crippen LogP contribution in [0.15, 0.2) is 18.2 Å². The molecule has 2 heterocycles. The van der Waals surface area contributed by atoms with Crippen molar-refractivity contribution in [3.8, 4) is 11.5 Å². The first-order valence-corrected chi connectivity index (χ1v) is 8.79. The molecule has 0 saturated carbocycles. The van der Waals surface area contributed by atoms with E-state index in [9.17, 15) is 9.59 Å². The largest absolute Gasteiger partial charge is 0.490 e. The number of amides is 2. The van der Waals surface area contributed by atoms with Gasteiger partial charge in [0.05, 0.1) is 25.7 Å². The van der Waals surface area contributed by atoms with Crippen molar-refractivity contribution in [2.24, 2.45) is 11.7 Å². The van der Waals surface area contributed by atoms with Crippen molar-refractivity contribution in [3.05, 3.63) is 23.8 Å². The lowest BCUT2D eigenvalue weighted by Gasteiger charge is -2.31. The minimum Gasteiger partial charge on any atom is -0.490 e. The molecule has 1 atom stereocenters. The molecule has 7 heteroatoms. The van der Waals surface area contributed by atoms with Crippen molar-refractivity contribution in [1.29, 1.82) is 0 Å². The maximum Gasteiger partial charge on any atom is 0.231 e. The number of benzene rings is 1. The Morgan fingerprint density at radius 1 is 1.20 bits per heavy atom. The Morgan fingerprint density at radius 3 is 2.80 bits per heavy atom. The lowest BCUT2D eigenvalue weighted by Crippen LogP contribution is -2.45. The standard InChI is InChI=1S/C18H25N3O4/c19-17(22)12-21-6-1-3-14(11-21)18(23)20-10-13-4-5-15-16(9-13)25-8-2-7-24-15/h4-5,9,14H,1-3,6-8,10-12H2,(H2,19,22)(H,20,23)/t14-/m0/s1. The van der Waals surface area contributed by atoms with Gasteiger partial charge in [-0.05, 0) is 37.1 Å². The van der Waals surface area contributed by atoms with Gasteiger partial charge in [0.25, 0.3) is 0 Å². The van der Waals surface area contributed by atoms with Crippen LogP contribution in [-0.2, 0) is 16.1 Å². The predicted molar refractivity (Wildman–Crippen MR) is 92.3 cm³/mol. The Labute approximate surface area is 147 Å². The highest BCUT2D eigenvalue weighted by Gasteiger charge is 2.26. The van der Waals surface area contributed by atoms with Crippen molar-refractivity contribution in [2.75, 3.05) is 32.8 Å². The second-order valence-electron chi connectivity index (χ2n) is 6.59. The second-order valence-corrected chi connectivity index (χ2v) is 6.59. The predicted octanol–water partition coefficient (Wildman–Crippen LogP) is 0.661. The molecule has 0 unspecified atom stereocenters. The molecule has 3 N–H and O–H groups in total. The van der Waals surface area contributed by atoms with E-state index in [-0.39, 0.29) is 24.3 Å². The van der Waals surface area contributed by atoms with E-state index in [2.05, 4.69) is 5.32 Å². The van der Waals surface area contributed by atoms with Crippen LogP contribution in [0.2, 0.25) is 0 Å². The summed E-state index contributed by atoms with van der Waals surface area (Å²) in [5.74, 6) is 1.04. The molecule has 25 heavy (non-hydrogen) atoms. The topological polar surface area (TPSA) is 93.9 Å². The monoisotopic (exact) mass is 347 g/mol. The van der Waals surface area contributed by atoms with Gasteiger partial charge < -0.3 is 20.5 Å². The summed E-state index contributed by atoms with van der Waals surface area (Å²) in [4.78, 5) is 25.4. The van der Waals surface area contributed by atoms with E-state index < -0.39 is 0 Å². The number of nitrogens with one attached hydrogen (secondary N) is 1. The van der Waals surface area contributed by atoms with Gasteiger partial charge >= 0.3 is 0 Å². The van der Waals surface area contributed by atoms with E-state index in [1.54, 1.807) is 0 Å². The highest BCUT2D eigenvalue weighted by molar-refractivity contribution is 5.79. The fraction of sp³-hybridized carbons (Fsp3) is 0.556. The molecule has 0 spiro atoms. The molecular formula is C18H25N3O4. The number of ether oxygens (including phenoxy) is 2. The minimum atomic E-state index is -0.353. The maximum atomic E-state index is 12.4. The van der Waals surface area contributed by atoms with Crippen molar-refractivity contribution < 1.29 is 19.1 Å². The fourth-order valence-electron chi connectivity index (χ4n) is 3.28. The average molecular weight is 347 g/mol. The third-order valence-electron chi connectivity index (χ3n) is 4.53. The summed E-state index contributed by atoms with van der Waals surface area (Å²) >= 11 is 0.